The molecule has 1 saturated heterocycles. The number of methoxy groups -OCH3 is 1. The van der Waals surface area contributed by atoms with Gasteiger partial charge in [0.2, 0.25) is 5.89 Å². The first-order valence-electron chi connectivity index (χ1n) is 10.4. The molecule has 1 N–H and O–H groups in total. The molecule has 162 valence electrons. The summed E-state index contributed by atoms with van der Waals surface area (Å²) in [6.45, 7) is 1.94. The van der Waals surface area contributed by atoms with Crippen LogP contribution in [0.5, 0.6) is 11.5 Å². The molecule has 0 bridgehead atoms. The number of hydrogen-bond acceptors (Lipinski definition) is 6. The van der Waals surface area contributed by atoms with Crippen LogP contribution >= 0.6 is 0 Å². The van der Waals surface area contributed by atoms with Crippen molar-refractivity contribution in [3.05, 3.63) is 71.9 Å². The van der Waals surface area contributed by atoms with Crippen LogP contribution in [-0.2, 0) is 13.2 Å². The molecule has 2 aromatic carbocycles. The highest BCUT2D eigenvalue weighted by molar-refractivity contribution is 5.74. The number of ether oxygens (including phenoxy) is 2. The van der Waals surface area contributed by atoms with Crippen LogP contribution < -0.4 is 14.8 Å². The van der Waals surface area contributed by atoms with Gasteiger partial charge < -0.3 is 24.1 Å². The maximum atomic E-state index is 12.6. The number of amides is 2. The van der Waals surface area contributed by atoms with Gasteiger partial charge >= 0.3 is 6.03 Å². The number of carbonyl (C=O) groups is 1. The number of rotatable bonds is 7. The molecule has 4 rings (SSSR count). The summed E-state index contributed by atoms with van der Waals surface area (Å²) < 4.78 is 16.6. The Labute approximate surface area is 181 Å². The molecule has 8 nitrogen and oxygen atoms in total. The first-order valence-corrected chi connectivity index (χ1v) is 10.4. The van der Waals surface area contributed by atoms with E-state index in [9.17, 15) is 4.79 Å². The van der Waals surface area contributed by atoms with Gasteiger partial charge in [0, 0.05) is 19.6 Å². The summed E-state index contributed by atoms with van der Waals surface area (Å²) in [6, 6.07) is 17.1. The van der Waals surface area contributed by atoms with Crippen LogP contribution in [0.2, 0.25) is 0 Å². The van der Waals surface area contributed by atoms with E-state index in [1.807, 2.05) is 59.5 Å². The number of benzene rings is 2. The minimum atomic E-state index is -0.0901. The Balaban J connectivity index is 1.28. The third-order valence-corrected chi connectivity index (χ3v) is 5.25. The smallest absolute Gasteiger partial charge is 0.317 e. The Kier molecular flexibility index (Phi) is 6.66. The van der Waals surface area contributed by atoms with Crippen molar-refractivity contribution < 1.29 is 18.7 Å². The van der Waals surface area contributed by atoms with Crippen LogP contribution in [0.3, 0.4) is 0 Å². The fraction of sp³-hybridized carbons (Fsp3) is 0.348. The largest absolute Gasteiger partial charge is 0.497 e. The summed E-state index contributed by atoms with van der Waals surface area (Å²) in [6.07, 6.45) is 1.79. The zero-order valence-electron chi connectivity index (χ0n) is 17.5. The molecule has 0 spiro atoms. The quantitative estimate of drug-likeness (QED) is 0.624. The van der Waals surface area contributed by atoms with Crippen LogP contribution in [0.4, 0.5) is 4.79 Å². The molecular weight excluding hydrogens is 396 g/mol. The molecule has 0 aliphatic carbocycles. The van der Waals surface area contributed by atoms with E-state index >= 15 is 0 Å². The monoisotopic (exact) mass is 422 g/mol. The number of urea groups is 1. The molecule has 0 saturated carbocycles. The third kappa shape index (κ3) is 5.53. The van der Waals surface area contributed by atoms with Crippen molar-refractivity contribution >= 4 is 6.03 Å². The van der Waals surface area contributed by atoms with Crippen molar-refractivity contribution in [2.24, 2.45) is 0 Å². The Morgan fingerprint density at radius 2 is 1.94 bits per heavy atom. The number of para-hydroxylation sites is 1. The second kappa shape index (κ2) is 9.97. The van der Waals surface area contributed by atoms with Gasteiger partial charge in [-0.2, -0.15) is 0 Å². The van der Waals surface area contributed by atoms with E-state index in [1.54, 1.807) is 7.11 Å². The molecule has 2 amide bonds. The molecule has 1 fully saturated rings. The first-order chi connectivity index (χ1) is 15.2. The number of nitrogens with one attached hydrogen (secondary N) is 1. The van der Waals surface area contributed by atoms with Crippen molar-refractivity contribution in [1.29, 1.82) is 0 Å². The predicted octanol–water partition coefficient (Wildman–Crippen LogP) is 3.75. The Morgan fingerprint density at radius 1 is 1.13 bits per heavy atom. The fourth-order valence-corrected chi connectivity index (χ4v) is 3.55. The molecule has 2 heterocycles. The molecule has 8 heteroatoms. The van der Waals surface area contributed by atoms with E-state index in [0.717, 1.165) is 29.9 Å². The van der Waals surface area contributed by atoms with E-state index in [4.69, 9.17) is 13.9 Å². The van der Waals surface area contributed by atoms with E-state index in [2.05, 4.69) is 15.5 Å². The number of hydrogen-bond donors (Lipinski definition) is 1. The van der Waals surface area contributed by atoms with Crippen LogP contribution in [0, 0.1) is 0 Å². The normalized spacial score (nSPS) is 16.0. The van der Waals surface area contributed by atoms with Gasteiger partial charge in [-0.05, 0) is 42.7 Å². The molecule has 1 aliphatic heterocycles. The molecule has 0 radical (unpaired) electrons. The summed E-state index contributed by atoms with van der Waals surface area (Å²) in [5.74, 6) is 2.55. The van der Waals surface area contributed by atoms with Crippen molar-refractivity contribution in [1.82, 2.24) is 20.4 Å². The molecule has 3 aromatic rings. The Hall–Kier alpha value is -3.55. The van der Waals surface area contributed by atoms with Gasteiger partial charge in [-0.1, -0.05) is 30.3 Å². The average molecular weight is 422 g/mol. The lowest BCUT2D eigenvalue weighted by molar-refractivity contribution is 0.172. The van der Waals surface area contributed by atoms with Crippen molar-refractivity contribution in [3.8, 4) is 11.5 Å². The average Bonchev–Trinajstić information content (AvgIpc) is 3.31. The first kappa shape index (κ1) is 20.7. The molecule has 1 aliphatic rings. The number of aromatic nitrogens is 2. The van der Waals surface area contributed by atoms with Gasteiger partial charge in [0.25, 0.3) is 5.89 Å². The minimum Gasteiger partial charge on any atom is -0.497 e. The second-order valence-electron chi connectivity index (χ2n) is 7.43. The van der Waals surface area contributed by atoms with Gasteiger partial charge in [-0.3, -0.25) is 0 Å². The maximum absolute atomic E-state index is 12.6. The number of carbonyl (C=O) groups excluding carboxylic acids is 1. The molecule has 1 unspecified atom stereocenters. The van der Waals surface area contributed by atoms with E-state index in [1.165, 1.54) is 0 Å². The number of likely N-dealkylation sites (tertiary alicyclic amines) is 1. The van der Waals surface area contributed by atoms with Crippen LogP contribution in [0.25, 0.3) is 0 Å². The van der Waals surface area contributed by atoms with Crippen molar-refractivity contribution in [2.45, 2.75) is 31.9 Å². The van der Waals surface area contributed by atoms with Crippen LogP contribution in [-0.4, -0.2) is 41.3 Å². The van der Waals surface area contributed by atoms with Crippen LogP contribution in [0.1, 0.15) is 36.1 Å². The highest BCUT2D eigenvalue weighted by Crippen LogP contribution is 2.26. The standard InChI is InChI=1S/C23H26N4O4/c1-29-19-11-9-17(10-12-19)14-24-23(28)27-13-5-6-18(15-27)22-26-25-21(31-22)16-30-20-7-3-2-4-8-20/h2-4,7-12,18H,5-6,13-16H2,1H3,(H,24,28). The summed E-state index contributed by atoms with van der Waals surface area (Å²) in [4.78, 5) is 14.4. The number of nitrogens with zero attached hydrogens (tertiary/aromatic N) is 3. The summed E-state index contributed by atoms with van der Waals surface area (Å²) in [5, 5.41) is 11.3. The zero-order valence-corrected chi connectivity index (χ0v) is 17.5. The Bertz CT molecular complexity index is 975. The predicted molar refractivity (Wildman–Crippen MR) is 114 cm³/mol. The lowest BCUT2D eigenvalue weighted by Gasteiger charge is -2.31. The topological polar surface area (TPSA) is 89.7 Å². The third-order valence-electron chi connectivity index (χ3n) is 5.25. The summed E-state index contributed by atoms with van der Waals surface area (Å²) in [7, 11) is 1.63. The maximum Gasteiger partial charge on any atom is 0.317 e. The van der Waals surface area contributed by atoms with Crippen molar-refractivity contribution in [3.63, 3.8) is 0 Å². The van der Waals surface area contributed by atoms with Crippen molar-refractivity contribution in [2.75, 3.05) is 20.2 Å². The van der Waals surface area contributed by atoms with Crippen LogP contribution in [0.15, 0.2) is 59.0 Å². The highest BCUT2D eigenvalue weighted by atomic mass is 16.5. The van der Waals surface area contributed by atoms with E-state index in [-0.39, 0.29) is 18.6 Å². The fourth-order valence-electron chi connectivity index (χ4n) is 3.55. The van der Waals surface area contributed by atoms with Gasteiger partial charge in [-0.15, -0.1) is 10.2 Å². The minimum absolute atomic E-state index is 0.0264. The van der Waals surface area contributed by atoms with Gasteiger partial charge in [0.05, 0.1) is 13.0 Å². The summed E-state index contributed by atoms with van der Waals surface area (Å²) in [5.41, 5.74) is 1.02. The highest BCUT2D eigenvalue weighted by Gasteiger charge is 2.28. The van der Waals surface area contributed by atoms with E-state index < -0.39 is 0 Å². The Morgan fingerprint density at radius 3 is 2.71 bits per heavy atom. The molecule has 1 atom stereocenters. The van der Waals surface area contributed by atoms with Gasteiger partial charge in [0.15, 0.2) is 6.61 Å². The molecule has 1 aromatic heterocycles. The molecule has 31 heavy (non-hydrogen) atoms. The summed E-state index contributed by atoms with van der Waals surface area (Å²) >= 11 is 0. The SMILES string of the molecule is COc1ccc(CNC(=O)N2CCCC(c3nnc(COc4ccccc4)o3)C2)cc1. The lowest BCUT2D eigenvalue weighted by Crippen LogP contribution is -2.44. The second-order valence-corrected chi connectivity index (χ2v) is 7.43. The molecular formula is C23H26N4O4. The van der Waals surface area contributed by atoms with E-state index in [0.29, 0.717) is 31.4 Å². The lowest BCUT2D eigenvalue weighted by atomic mass is 9.98. The number of piperidine rings is 1. The van der Waals surface area contributed by atoms with Gasteiger partial charge in [-0.25, -0.2) is 4.79 Å². The van der Waals surface area contributed by atoms with Gasteiger partial charge in [0.1, 0.15) is 11.5 Å². The zero-order chi connectivity index (χ0) is 21.5.